The maximum Gasteiger partial charge on any atom is 0.326 e. The van der Waals surface area contributed by atoms with E-state index in [9.17, 15) is 9.59 Å². The number of amides is 1. The SMILES string of the molecule is CCCc1nc(C(=O)NC(CCO)C(=O)O)n[nH]1. The number of aryl methyl sites for hydroxylation is 1. The number of rotatable bonds is 7. The second-order valence-electron chi connectivity index (χ2n) is 3.73. The zero-order valence-electron chi connectivity index (χ0n) is 10.0. The zero-order valence-corrected chi connectivity index (χ0v) is 10.0. The van der Waals surface area contributed by atoms with E-state index in [4.69, 9.17) is 10.2 Å². The van der Waals surface area contributed by atoms with Crippen molar-refractivity contribution in [2.75, 3.05) is 6.61 Å². The highest BCUT2D eigenvalue weighted by atomic mass is 16.4. The third-order valence-corrected chi connectivity index (χ3v) is 2.24. The van der Waals surface area contributed by atoms with Crippen LogP contribution in [0.25, 0.3) is 0 Å². The first-order valence-electron chi connectivity index (χ1n) is 5.64. The molecule has 8 nitrogen and oxygen atoms in total. The smallest absolute Gasteiger partial charge is 0.326 e. The van der Waals surface area contributed by atoms with Gasteiger partial charge in [0.25, 0.3) is 5.91 Å². The van der Waals surface area contributed by atoms with E-state index in [0.717, 1.165) is 6.42 Å². The standard InChI is InChI=1S/C10H16N4O4/c1-2-3-7-12-8(14-13-7)9(16)11-6(4-5-15)10(17)18/h6,15H,2-5H2,1H3,(H,11,16)(H,17,18)(H,12,13,14). The number of carbonyl (C=O) groups is 2. The first-order valence-corrected chi connectivity index (χ1v) is 5.64. The van der Waals surface area contributed by atoms with E-state index in [1.807, 2.05) is 6.92 Å². The molecular weight excluding hydrogens is 240 g/mol. The van der Waals surface area contributed by atoms with E-state index in [1.54, 1.807) is 0 Å². The van der Waals surface area contributed by atoms with Gasteiger partial charge in [-0.3, -0.25) is 9.89 Å². The topological polar surface area (TPSA) is 128 Å². The molecule has 0 saturated carbocycles. The molecule has 100 valence electrons. The van der Waals surface area contributed by atoms with E-state index >= 15 is 0 Å². The number of hydrogen-bond acceptors (Lipinski definition) is 5. The number of aliphatic hydroxyl groups excluding tert-OH is 1. The van der Waals surface area contributed by atoms with Crippen LogP contribution in [-0.4, -0.2) is 49.9 Å². The lowest BCUT2D eigenvalue weighted by molar-refractivity contribution is -0.139. The minimum atomic E-state index is -1.21. The molecule has 1 rings (SSSR count). The van der Waals surface area contributed by atoms with Crippen molar-refractivity contribution >= 4 is 11.9 Å². The van der Waals surface area contributed by atoms with Crippen molar-refractivity contribution in [1.82, 2.24) is 20.5 Å². The first kappa shape index (κ1) is 14.1. The molecule has 1 aromatic heterocycles. The summed E-state index contributed by atoms with van der Waals surface area (Å²) in [5, 5.41) is 26.1. The van der Waals surface area contributed by atoms with Crippen molar-refractivity contribution in [3.63, 3.8) is 0 Å². The van der Waals surface area contributed by atoms with Gasteiger partial charge >= 0.3 is 5.97 Å². The van der Waals surface area contributed by atoms with Crippen LogP contribution in [0, 0.1) is 0 Å². The Balaban J connectivity index is 2.64. The van der Waals surface area contributed by atoms with Crippen LogP contribution in [0.2, 0.25) is 0 Å². The molecule has 0 fully saturated rings. The molecule has 4 N–H and O–H groups in total. The number of carboxylic acids is 1. The summed E-state index contributed by atoms with van der Waals surface area (Å²) in [5.74, 6) is -1.39. The Morgan fingerprint density at radius 2 is 2.22 bits per heavy atom. The monoisotopic (exact) mass is 256 g/mol. The summed E-state index contributed by atoms with van der Waals surface area (Å²) in [6.45, 7) is 1.64. The number of aliphatic carboxylic acids is 1. The van der Waals surface area contributed by atoms with Gasteiger partial charge in [-0.15, -0.1) is 5.10 Å². The van der Waals surface area contributed by atoms with Gasteiger partial charge in [-0.25, -0.2) is 9.78 Å². The highest BCUT2D eigenvalue weighted by Gasteiger charge is 2.22. The Hall–Kier alpha value is -1.96. The molecule has 1 heterocycles. The summed E-state index contributed by atoms with van der Waals surface area (Å²) in [6.07, 6.45) is 1.46. The normalized spacial score (nSPS) is 12.1. The van der Waals surface area contributed by atoms with Crippen molar-refractivity contribution in [1.29, 1.82) is 0 Å². The number of hydrogen-bond donors (Lipinski definition) is 4. The zero-order chi connectivity index (χ0) is 13.5. The lowest BCUT2D eigenvalue weighted by atomic mass is 10.2. The lowest BCUT2D eigenvalue weighted by Gasteiger charge is -2.11. The number of H-pyrrole nitrogens is 1. The van der Waals surface area contributed by atoms with Gasteiger partial charge in [0.2, 0.25) is 5.82 Å². The molecule has 0 spiro atoms. The van der Waals surface area contributed by atoms with Crippen LogP contribution < -0.4 is 5.32 Å². The van der Waals surface area contributed by atoms with Crippen molar-refractivity contribution in [3.8, 4) is 0 Å². The summed E-state index contributed by atoms with van der Waals surface area (Å²) in [7, 11) is 0. The van der Waals surface area contributed by atoms with Crippen molar-refractivity contribution < 1.29 is 19.8 Å². The first-order chi connectivity index (χ1) is 8.58. The van der Waals surface area contributed by atoms with Gasteiger partial charge in [-0.05, 0) is 6.42 Å². The van der Waals surface area contributed by atoms with Gasteiger partial charge in [0.05, 0.1) is 0 Å². The quantitative estimate of drug-likeness (QED) is 0.512. The Bertz CT molecular complexity index is 418. The van der Waals surface area contributed by atoms with Gasteiger partial charge in [0.15, 0.2) is 0 Å². The minimum absolute atomic E-state index is 0.0622. The second kappa shape index (κ2) is 6.70. The molecule has 0 radical (unpaired) electrons. The second-order valence-corrected chi connectivity index (χ2v) is 3.73. The molecule has 1 unspecified atom stereocenters. The van der Waals surface area contributed by atoms with Gasteiger partial charge < -0.3 is 15.5 Å². The van der Waals surface area contributed by atoms with Crippen LogP contribution >= 0.6 is 0 Å². The molecule has 18 heavy (non-hydrogen) atoms. The lowest BCUT2D eigenvalue weighted by Crippen LogP contribution is -2.41. The molecule has 0 aliphatic heterocycles. The molecule has 0 bridgehead atoms. The maximum absolute atomic E-state index is 11.7. The number of aromatic nitrogens is 3. The van der Waals surface area contributed by atoms with Gasteiger partial charge in [-0.2, -0.15) is 0 Å². The number of aromatic amines is 1. The molecule has 0 saturated heterocycles. The molecular formula is C10H16N4O4. The predicted octanol–water partition coefficient (Wildman–Crippen LogP) is -0.677. The van der Waals surface area contributed by atoms with E-state index in [1.165, 1.54) is 0 Å². The van der Waals surface area contributed by atoms with Gasteiger partial charge in [0, 0.05) is 19.4 Å². The number of carbonyl (C=O) groups excluding carboxylic acids is 1. The van der Waals surface area contributed by atoms with Crippen molar-refractivity contribution in [2.24, 2.45) is 0 Å². The van der Waals surface area contributed by atoms with Crippen LogP contribution in [-0.2, 0) is 11.2 Å². The van der Waals surface area contributed by atoms with Crippen LogP contribution in [0.1, 0.15) is 36.2 Å². The highest BCUT2D eigenvalue weighted by molar-refractivity contribution is 5.93. The maximum atomic E-state index is 11.7. The molecule has 8 heteroatoms. The van der Waals surface area contributed by atoms with E-state index in [-0.39, 0.29) is 18.9 Å². The molecule has 1 amide bonds. The third kappa shape index (κ3) is 3.81. The molecule has 1 atom stereocenters. The molecule has 0 aliphatic rings. The van der Waals surface area contributed by atoms with E-state index < -0.39 is 17.9 Å². The Labute approximate surface area is 103 Å². The van der Waals surface area contributed by atoms with E-state index in [2.05, 4.69) is 20.5 Å². The van der Waals surface area contributed by atoms with Crippen LogP contribution in [0.3, 0.4) is 0 Å². The fraction of sp³-hybridized carbons (Fsp3) is 0.600. The summed E-state index contributed by atoms with van der Waals surface area (Å²) in [4.78, 5) is 26.4. The average Bonchev–Trinajstić information content (AvgIpc) is 2.77. The van der Waals surface area contributed by atoms with Crippen molar-refractivity contribution in [2.45, 2.75) is 32.2 Å². The summed E-state index contributed by atoms with van der Waals surface area (Å²) in [5.41, 5.74) is 0. The largest absolute Gasteiger partial charge is 0.480 e. The van der Waals surface area contributed by atoms with Crippen molar-refractivity contribution in [3.05, 3.63) is 11.6 Å². The third-order valence-electron chi connectivity index (χ3n) is 2.24. The number of aliphatic hydroxyl groups is 1. The molecule has 1 aromatic rings. The van der Waals surface area contributed by atoms with Crippen LogP contribution in [0.5, 0.6) is 0 Å². The average molecular weight is 256 g/mol. The van der Waals surface area contributed by atoms with Crippen LogP contribution in [0.15, 0.2) is 0 Å². The number of nitrogens with one attached hydrogen (secondary N) is 2. The van der Waals surface area contributed by atoms with E-state index in [0.29, 0.717) is 12.2 Å². The summed E-state index contributed by atoms with van der Waals surface area (Å²) in [6, 6.07) is -1.14. The Kier molecular flexibility index (Phi) is 5.25. The van der Waals surface area contributed by atoms with Crippen LogP contribution in [0.4, 0.5) is 0 Å². The Morgan fingerprint density at radius 1 is 1.50 bits per heavy atom. The number of nitrogens with zero attached hydrogens (tertiary/aromatic N) is 2. The number of carboxylic acid groups (broad SMARTS) is 1. The minimum Gasteiger partial charge on any atom is -0.480 e. The molecule has 0 aliphatic carbocycles. The molecule has 0 aromatic carbocycles. The predicted molar refractivity (Wildman–Crippen MR) is 61.0 cm³/mol. The summed E-state index contributed by atoms with van der Waals surface area (Å²) < 4.78 is 0. The van der Waals surface area contributed by atoms with Gasteiger partial charge in [-0.1, -0.05) is 6.92 Å². The Morgan fingerprint density at radius 3 is 2.78 bits per heavy atom. The highest BCUT2D eigenvalue weighted by Crippen LogP contribution is 1.98. The fourth-order valence-corrected chi connectivity index (χ4v) is 1.35. The van der Waals surface area contributed by atoms with Gasteiger partial charge in [0.1, 0.15) is 11.9 Å². The summed E-state index contributed by atoms with van der Waals surface area (Å²) >= 11 is 0. The fourth-order valence-electron chi connectivity index (χ4n) is 1.35.